The van der Waals surface area contributed by atoms with Crippen LogP contribution in [0, 0.1) is 12.7 Å². The lowest BCUT2D eigenvalue weighted by Crippen LogP contribution is -2.53. The molecule has 0 aromatic heterocycles. The quantitative estimate of drug-likeness (QED) is 0.458. The number of piperazine rings is 1. The number of hydrogen-bond acceptors (Lipinski definition) is 4. The molecule has 3 rings (SSSR count). The van der Waals surface area contributed by atoms with Crippen molar-refractivity contribution >= 4 is 35.6 Å². The van der Waals surface area contributed by atoms with Crippen LogP contribution in [-0.2, 0) is 4.79 Å². The van der Waals surface area contributed by atoms with Crippen LogP contribution in [0.3, 0.4) is 0 Å². The fraction of sp³-hybridized carbons (Fsp3) is 0.286. The molecule has 30 heavy (non-hydrogen) atoms. The van der Waals surface area contributed by atoms with E-state index in [1.165, 1.54) is 19.2 Å². The number of carbonyl (C=O) groups is 2. The molecular formula is C21H22ClFN4O3. The highest BCUT2D eigenvalue weighted by atomic mass is 35.5. The highest BCUT2D eigenvalue weighted by molar-refractivity contribution is 6.31. The highest BCUT2D eigenvalue weighted by Crippen LogP contribution is 2.26. The number of hydrogen-bond donors (Lipinski definition) is 1. The van der Waals surface area contributed by atoms with Crippen molar-refractivity contribution in [3.05, 3.63) is 58.4 Å². The van der Waals surface area contributed by atoms with Crippen molar-refractivity contribution in [1.82, 2.24) is 15.1 Å². The number of benzene rings is 2. The van der Waals surface area contributed by atoms with Crippen molar-refractivity contribution < 1.29 is 18.7 Å². The van der Waals surface area contributed by atoms with E-state index in [0.29, 0.717) is 42.8 Å². The number of aliphatic imine (C=N–C) groups is 1. The van der Waals surface area contributed by atoms with Crippen LogP contribution in [0.15, 0.2) is 41.4 Å². The Balaban J connectivity index is 1.90. The van der Waals surface area contributed by atoms with Gasteiger partial charge in [-0.25, -0.2) is 9.38 Å². The van der Waals surface area contributed by atoms with E-state index >= 15 is 0 Å². The van der Waals surface area contributed by atoms with Crippen molar-refractivity contribution in [3.8, 4) is 5.75 Å². The van der Waals surface area contributed by atoms with Gasteiger partial charge in [0.1, 0.15) is 0 Å². The maximum absolute atomic E-state index is 14.0. The smallest absolute Gasteiger partial charge is 0.258 e. The van der Waals surface area contributed by atoms with Gasteiger partial charge in [0.15, 0.2) is 11.6 Å². The van der Waals surface area contributed by atoms with Gasteiger partial charge in [0.2, 0.25) is 12.4 Å². The average molecular weight is 433 g/mol. The largest absolute Gasteiger partial charge is 0.494 e. The second kappa shape index (κ2) is 9.58. The Hall–Kier alpha value is -3.13. The maximum atomic E-state index is 14.0. The van der Waals surface area contributed by atoms with Crippen LogP contribution < -0.4 is 10.1 Å². The monoisotopic (exact) mass is 432 g/mol. The van der Waals surface area contributed by atoms with Crippen LogP contribution in [0.2, 0.25) is 5.02 Å². The third kappa shape index (κ3) is 4.88. The van der Waals surface area contributed by atoms with Gasteiger partial charge in [-0.2, -0.15) is 0 Å². The zero-order chi connectivity index (χ0) is 21.7. The summed E-state index contributed by atoms with van der Waals surface area (Å²) < 4.78 is 18.9. The van der Waals surface area contributed by atoms with Crippen LogP contribution in [0.1, 0.15) is 15.9 Å². The molecule has 1 aliphatic rings. The summed E-state index contributed by atoms with van der Waals surface area (Å²) >= 11 is 6.20. The Morgan fingerprint density at radius 3 is 2.60 bits per heavy atom. The number of halogens is 2. The molecule has 7 nitrogen and oxygen atoms in total. The number of guanidine groups is 1. The topological polar surface area (TPSA) is 74.2 Å². The Kier molecular flexibility index (Phi) is 6.89. The number of nitrogens with one attached hydrogen (secondary N) is 1. The molecule has 2 aromatic rings. The van der Waals surface area contributed by atoms with Crippen LogP contribution >= 0.6 is 11.6 Å². The third-order valence-corrected chi connectivity index (χ3v) is 5.28. The summed E-state index contributed by atoms with van der Waals surface area (Å²) in [7, 11) is 1.36. The lowest BCUT2D eigenvalue weighted by Gasteiger charge is -2.34. The zero-order valence-corrected chi connectivity index (χ0v) is 17.4. The van der Waals surface area contributed by atoms with Crippen LogP contribution in [-0.4, -0.2) is 61.4 Å². The van der Waals surface area contributed by atoms with Gasteiger partial charge in [0.25, 0.3) is 5.91 Å². The minimum Gasteiger partial charge on any atom is -0.494 e. The first-order valence-corrected chi connectivity index (χ1v) is 9.73. The van der Waals surface area contributed by atoms with Crippen molar-refractivity contribution in [3.63, 3.8) is 0 Å². The molecule has 0 radical (unpaired) electrons. The summed E-state index contributed by atoms with van der Waals surface area (Å²) in [5.74, 6) is -0.770. The summed E-state index contributed by atoms with van der Waals surface area (Å²) in [6.45, 7) is 3.83. The first-order valence-electron chi connectivity index (χ1n) is 9.36. The maximum Gasteiger partial charge on any atom is 0.258 e. The molecule has 0 spiro atoms. The Morgan fingerprint density at radius 1 is 1.23 bits per heavy atom. The number of carbonyl (C=O) groups excluding carboxylic acids is 2. The molecule has 0 atom stereocenters. The summed E-state index contributed by atoms with van der Waals surface area (Å²) in [6.07, 6.45) is 0.800. The van der Waals surface area contributed by atoms with E-state index < -0.39 is 11.7 Å². The van der Waals surface area contributed by atoms with Crippen molar-refractivity contribution in [2.24, 2.45) is 4.99 Å². The Bertz CT molecular complexity index is 975. The molecule has 2 amide bonds. The average Bonchev–Trinajstić information content (AvgIpc) is 2.76. The summed E-state index contributed by atoms with van der Waals surface area (Å²) in [4.78, 5) is 31.9. The van der Waals surface area contributed by atoms with Gasteiger partial charge < -0.3 is 14.5 Å². The van der Waals surface area contributed by atoms with Gasteiger partial charge in [0, 0.05) is 36.8 Å². The Labute approximate surface area is 179 Å². The molecule has 0 saturated carbocycles. The molecule has 1 heterocycles. The first kappa shape index (κ1) is 21.6. The Morgan fingerprint density at radius 2 is 1.97 bits per heavy atom. The second-order valence-corrected chi connectivity index (χ2v) is 7.16. The van der Waals surface area contributed by atoms with Crippen molar-refractivity contribution in [2.45, 2.75) is 6.92 Å². The van der Waals surface area contributed by atoms with E-state index in [1.54, 1.807) is 23.1 Å². The number of nitrogens with zero attached hydrogens (tertiary/aromatic N) is 3. The van der Waals surface area contributed by atoms with E-state index in [0.717, 1.165) is 18.0 Å². The molecule has 2 aromatic carbocycles. The van der Waals surface area contributed by atoms with Crippen LogP contribution in [0.25, 0.3) is 0 Å². The number of rotatable bonds is 4. The minimum absolute atomic E-state index is 0.0555. The zero-order valence-electron chi connectivity index (χ0n) is 16.7. The SMILES string of the molecule is COc1ccc(C(=O)NC(=Nc2cccc(Cl)c2C)N2CCN(C=O)CC2)cc1F. The van der Waals surface area contributed by atoms with E-state index in [1.807, 2.05) is 11.8 Å². The first-order chi connectivity index (χ1) is 14.4. The lowest BCUT2D eigenvalue weighted by atomic mass is 10.2. The second-order valence-electron chi connectivity index (χ2n) is 6.75. The standard InChI is InChI=1S/C21H22ClFN4O3/c1-14-16(22)4-3-5-18(14)24-21(27-10-8-26(13-28)9-11-27)25-20(29)15-6-7-19(30-2)17(23)12-15/h3-7,12-13H,8-11H2,1-2H3,(H,24,25,29). The van der Waals surface area contributed by atoms with Crippen molar-refractivity contribution in [2.75, 3.05) is 33.3 Å². The summed E-state index contributed by atoms with van der Waals surface area (Å²) in [5.41, 5.74) is 1.51. The van der Waals surface area contributed by atoms with Crippen molar-refractivity contribution in [1.29, 1.82) is 0 Å². The van der Waals surface area contributed by atoms with Crippen LogP contribution in [0.5, 0.6) is 5.75 Å². The molecule has 0 bridgehead atoms. The molecule has 1 N–H and O–H groups in total. The molecule has 1 fully saturated rings. The molecule has 1 saturated heterocycles. The number of amides is 2. The normalized spacial score (nSPS) is 14.5. The van der Waals surface area contributed by atoms with E-state index in [-0.39, 0.29) is 11.3 Å². The van der Waals surface area contributed by atoms with Gasteiger partial charge >= 0.3 is 0 Å². The molecular weight excluding hydrogens is 411 g/mol. The van der Waals surface area contributed by atoms with Gasteiger partial charge in [-0.15, -0.1) is 0 Å². The van der Waals surface area contributed by atoms with Gasteiger partial charge in [-0.3, -0.25) is 14.9 Å². The predicted octanol–water partition coefficient (Wildman–Crippen LogP) is 2.99. The minimum atomic E-state index is -0.631. The van der Waals surface area contributed by atoms with Gasteiger partial charge in [-0.05, 0) is 42.8 Å². The molecule has 9 heteroatoms. The van der Waals surface area contributed by atoms with E-state index in [9.17, 15) is 14.0 Å². The van der Waals surface area contributed by atoms with Gasteiger partial charge in [0.05, 0.1) is 12.8 Å². The number of ether oxygens (including phenoxy) is 1. The molecule has 1 aliphatic heterocycles. The number of methoxy groups -OCH3 is 1. The molecule has 0 unspecified atom stereocenters. The fourth-order valence-corrected chi connectivity index (χ4v) is 3.20. The molecule has 0 aliphatic carbocycles. The summed E-state index contributed by atoms with van der Waals surface area (Å²) in [6, 6.07) is 9.31. The predicted molar refractivity (Wildman–Crippen MR) is 113 cm³/mol. The highest BCUT2D eigenvalue weighted by Gasteiger charge is 2.22. The van der Waals surface area contributed by atoms with Crippen LogP contribution in [0.4, 0.5) is 10.1 Å². The fourth-order valence-electron chi connectivity index (χ4n) is 3.03. The third-order valence-electron chi connectivity index (χ3n) is 4.87. The van der Waals surface area contributed by atoms with E-state index in [4.69, 9.17) is 16.3 Å². The van der Waals surface area contributed by atoms with Gasteiger partial charge in [-0.1, -0.05) is 17.7 Å². The molecule has 158 valence electrons. The van der Waals surface area contributed by atoms with E-state index in [2.05, 4.69) is 10.3 Å². The summed E-state index contributed by atoms with van der Waals surface area (Å²) in [5, 5.41) is 3.34. The lowest BCUT2D eigenvalue weighted by molar-refractivity contribution is -0.119.